The summed E-state index contributed by atoms with van der Waals surface area (Å²) in [6, 6.07) is 7.89. The second kappa shape index (κ2) is 9.45. The molecule has 0 saturated carbocycles. The lowest BCUT2D eigenvalue weighted by Gasteiger charge is -1.99. The zero-order chi connectivity index (χ0) is 15.5. The first-order valence-corrected chi connectivity index (χ1v) is 6.96. The fourth-order valence-electron chi connectivity index (χ4n) is 1.68. The van der Waals surface area contributed by atoms with Gasteiger partial charge in [0.25, 0.3) is 0 Å². The van der Waals surface area contributed by atoms with E-state index in [1.54, 1.807) is 6.08 Å². The third-order valence-electron chi connectivity index (χ3n) is 2.89. The Kier molecular flexibility index (Phi) is 7.47. The van der Waals surface area contributed by atoms with Crippen LogP contribution in [0.5, 0.6) is 0 Å². The van der Waals surface area contributed by atoms with Crippen molar-refractivity contribution in [2.24, 2.45) is 0 Å². The van der Waals surface area contributed by atoms with Gasteiger partial charge in [-0.15, -0.1) is 12.3 Å². The van der Waals surface area contributed by atoms with Crippen molar-refractivity contribution in [2.45, 2.75) is 32.6 Å². The molecule has 0 saturated heterocycles. The fraction of sp³-hybridized carbons (Fsp3) is 0.316. The number of carbonyl (C=O) groups is 1. The van der Waals surface area contributed by atoms with Gasteiger partial charge in [-0.1, -0.05) is 41.7 Å². The summed E-state index contributed by atoms with van der Waals surface area (Å²) >= 11 is 0. The van der Waals surface area contributed by atoms with Crippen LogP contribution in [-0.2, 0) is 9.53 Å². The standard InChI is InChI=1S/C19H20O2/c1-4-5-6-7-8-9-10-18(19(20)21-3)15-17-13-11-16(2)12-14-17/h1,11-15H,5-8H2,2-3H3. The van der Waals surface area contributed by atoms with E-state index in [0.29, 0.717) is 5.57 Å². The minimum atomic E-state index is -0.410. The van der Waals surface area contributed by atoms with E-state index in [1.807, 2.05) is 31.2 Å². The summed E-state index contributed by atoms with van der Waals surface area (Å²) in [5.74, 6) is 8.09. The van der Waals surface area contributed by atoms with Gasteiger partial charge in [-0.2, -0.15) is 0 Å². The number of terminal acetylenes is 1. The van der Waals surface area contributed by atoms with Crippen molar-refractivity contribution in [2.75, 3.05) is 7.11 Å². The second-order valence-electron chi connectivity index (χ2n) is 4.67. The first kappa shape index (κ1) is 16.6. The molecule has 0 bridgehead atoms. The lowest BCUT2D eigenvalue weighted by Crippen LogP contribution is -2.02. The van der Waals surface area contributed by atoms with E-state index in [4.69, 9.17) is 11.2 Å². The van der Waals surface area contributed by atoms with Crippen LogP contribution in [0, 0.1) is 31.1 Å². The number of esters is 1. The van der Waals surface area contributed by atoms with E-state index in [0.717, 1.165) is 31.2 Å². The molecule has 1 aromatic carbocycles. The molecule has 0 radical (unpaired) electrons. The lowest BCUT2D eigenvalue weighted by atomic mass is 10.1. The van der Waals surface area contributed by atoms with Crippen molar-refractivity contribution >= 4 is 12.0 Å². The SMILES string of the molecule is C#CCCCCC#CC(=Cc1ccc(C)cc1)C(=O)OC. The number of unbranched alkanes of at least 4 members (excludes halogenated alkanes) is 3. The van der Waals surface area contributed by atoms with E-state index >= 15 is 0 Å². The van der Waals surface area contributed by atoms with Gasteiger partial charge in [-0.05, 0) is 31.4 Å². The third kappa shape index (κ3) is 6.50. The van der Waals surface area contributed by atoms with E-state index < -0.39 is 5.97 Å². The van der Waals surface area contributed by atoms with E-state index in [9.17, 15) is 4.79 Å². The Morgan fingerprint density at radius 2 is 1.90 bits per heavy atom. The van der Waals surface area contributed by atoms with Crippen LogP contribution in [0.25, 0.3) is 6.08 Å². The molecule has 1 aromatic rings. The van der Waals surface area contributed by atoms with Gasteiger partial charge in [-0.3, -0.25) is 0 Å². The highest BCUT2D eigenvalue weighted by Gasteiger charge is 2.06. The number of aryl methyl sites for hydroxylation is 1. The fourth-order valence-corrected chi connectivity index (χ4v) is 1.68. The van der Waals surface area contributed by atoms with Crippen molar-refractivity contribution in [3.8, 4) is 24.2 Å². The summed E-state index contributed by atoms with van der Waals surface area (Å²) < 4.78 is 4.77. The maximum Gasteiger partial charge on any atom is 0.346 e. The summed E-state index contributed by atoms with van der Waals surface area (Å²) in [6.45, 7) is 2.02. The molecular weight excluding hydrogens is 260 g/mol. The van der Waals surface area contributed by atoms with Gasteiger partial charge in [0, 0.05) is 12.8 Å². The number of hydrogen-bond donors (Lipinski definition) is 0. The molecule has 0 N–H and O–H groups in total. The highest BCUT2D eigenvalue weighted by molar-refractivity contribution is 5.98. The monoisotopic (exact) mass is 280 g/mol. The largest absolute Gasteiger partial charge is 0.465 e. The van der Waals surface area contributed by atoms with Crippen molar-refractivity contribution in [1.29, 1.82) is 0 Å². The molecule has 0 aromatic heterocycles. The molecule has 1 rings (SSSR count). The molecule has 0 amide bonds. The number of ether oxygens (including phenoxy) is 1. The predicted molar refractivity (Wildman–Crippen MR) is 86.2 cm³/mol. The van der Waals surface area contributed by atoms with Crippen LogP contribution in [-0.4, -0.2) is 13.1 Å². The van der Waals surface area contributed by atoms with Gasteiger partial charge in [0.15, 0.2) is 0 Å². The zero-order valence-electron chi connectivity index (χ0n) is 12.6. The van der Waals surface area contributed by atoms with Crippen molar-refractivity contribution in [1.82, 2.24) is 0 Å². The number of methoxy groups -OCH3 is 1. The minimum Gasteiger partial charge on any atom is -0.465 e. The van der Waals surface area contributed by atoms with Crippen LogP contribution in [0.15, 0.2) is 29.8 Å². The molecule has 2 nitrogen and oxygen atoms in total. The topological polar surface area (TPSA) is 26.3 Å². The molecule has 0 aliphatic rings. The summed E-state index contributed by atoms with van der Waals surface area (Å²) in [6.07, 6.45) is 10.3. The highest BCUT2D eigenvalue weighted by Crippen LogP contribution is 2.09. The Labute approximate surface area is 127 Å². The van der Waals surface area contributed by atoms with Gasteiger partial charge in [-0.25, -0.2) is 4.79 Å². The quantitative estimate of drug-likeness (QED) is 0.355. The van der Waals surface area contributed by atoms with Crippen molar-refractivity contribution in [3.05, 3.63) is 41.0 Å². The molecule has 0 atom stereocenters. The van der Waals surface area contributed by atoms with Gasteiger partial charge in [0.05, 0.1) is 7.11 Å². The van der Waals surface area contributed by atoms with Crippen LogP contribution in [0.1, 0.15) is 36.8 Å². The summed E-state index contributed by atoms with van der Waals surface area (Å²) in [5, 5.41) is 0. The molecule has 0 heterocycles. The Balaban J connectivity index is 2.77. The predicted octanol–water partition coefficient (Wildman–Crippen LogP) is 3.75. The highest BCUT2D eigenvalue weighted by atomic mass is 16.5. The maximum atomic E-state index is 11.7. The summed E-state index contributed by atoms with van der Waals surface area (Å²) in [4.78, 5) is 11.7. The molecule has 0 aliphatic carbocycles. The van der Waals surface area contributed by atoms with Gasteiger partial charge < -0.3 is 4.74 Å². The van der Waals surface area contributed by atoms with Crippen LogP contribution in [0.2, 0.25) is 0 Å². The molecule has 2 heteroatoms. The normalized spacial score (nSPS) is 10.2. The summed E-state index contributed by atoms with van der Waals surface area (Å²) in [5.41, 5.74) is 2.48. The minimum absolute atomic E-state index is 0.373. The van der Waals surface area contributed by atoms with Crippen molar-refractivity contribution in [3.63, 3.8) is 0 Å². The van der Waals surface area contributed by atoms with E-state index in [1.165, 1.54) is 12.7 Å². The van der Waals surface area contributed by atoms with Gasteiger partial charge in [0.2, 0.25) is 0 Å². The Hall–Kier alpha value is -2.45. The van der Waals surface area contributed by atoms with Gasteiger partial charge >= 0.3 is 5.97 Å². The number of benzene rings is 1. The number of hydrogen-bond acceptors (Lipinski definition) is 2. The van der Waals surface area contributed by atoms with Crippen LogP contribution in [0.4, 0.5) is 0 Å². The lowest BCUT2D eigenvalue weighted by molar-refractivity contribution is -0.135. The van der Waals surface area contributed by atoms with Crippen LogP contribution < -0.4 is 0 Å². The Bertz CT molecular complexity index is 589. The Morgan fingerprint density at radius 1 is 1.24 bits per heavy atom. The Morgan fingerprint density at radius 3 is 2.52 bits per heavy atom. The molecule has 0 fully saturated rings. The third-order valence-corrected chi connectivity index (χ3v) is 2.89. The molecule has 0 aliphatic heterocycles. The maximum absolute atomic E-state index is 11.7. The van der Waals surface area contributed by atoms with E-state index in [-0.39, 0.29) is 0 Å². The summed E-state index contributed by atoms with van der Waals surface area (Å²) in [7, 11) is 1.36. The molecule has 0 unspecified atom stereocenters. The molecule has 21 heavy (non-hydrogen) atoms. The first-order chi connectivity index (χ1) is 10.2. The van der Waals surface area contributed by atoms with Crippen LogP contribution in [0.3, 0.4) is 0 Å². The van der Waals surface area contributed by atoms with E-state index in [2.05, 4.69) is 17.8 Å². The number of rotatable bonds is 5. The first-order valence-electron chi connectivity index (χ1n) is 6.96. The average Bonchev–Trinajstić information content (AvgIpc) is 2.50. The second-order valence-corrected chi connectivity index (χ2v) is 4.67. The van der Waals surface area contributed by atoms with Gasteiger partial charge in [0.1, 0.15) is 5.57 Å². The molecular formula is C19H20O2. The number of carbonyl (C=O) groups excluding carboxylic acids is 1. The zero-order valence-corrected chi connectivity index (χ0v) is 12.6. The molecule has 0 spiro atoms. The van der Waals surface area contributed by atoms with Crippen LogP contribution >= 0.6 is 0 Å². The average molecular weight is 280 g/mol. The smallest absolute Gasteiger partial charge is 0.346 e. The molecule has 108 valence electrons. The van der Waals surface area contributed by atoms with Crippen molar-refractivity contribution < 1.29 is 9.53 Å².